The van der Waals surface area contributed by atoms with E-state index in [1.165, 1.54) is 13.2 Å². The first-order valence-electron chi connectivity index (χ1n) is 9.61. The maximum atomic E-state index is 12.7. The standard InChI is InChI=1S/C22H19BrClNO7S/c1-4-30-22(28)18-11(2)17(21(27)29-3)20(33-18)25-19(26)16-8-6-13(32-16)10-31-15-7-5-12(23)9-14(15)24/h5-9H,4,10H2,1-3H3,(H,25,26). The predicted molar refractivity (Wildman–Crippen MR) is 126 cm³/mol. The normalized spacial score (nSPS) is 10.6. The van der Waals surface area contributed by atoms with Gasteiger partial charge in [0.1, 0.15) is 28.0 Å². The van der Waals surface area contributed by atoms with Gasteiger partial charge in [-0.1, -0.05) is 27.5 Å². The number of esters is 2. The predicted octanol–water partition coefficient (Wildman–Crippen LogP) is 5.86. The number of hydrogen-bond acceptors (Lipinski definition) is 8. The van der Waals surface area contributed by atoms with Gasteiger partial charge >= 0.3 is 11.9 Å². The molecule has 2 heterocycles. The number of amides is 1. The summed E-state index contributed by atoms with van der Waals surface area (Å²) < 4.78 is 21.8. The van der Waals surface area contributed by atoms with Gasteiger partial charge in [-0.3, -0.25) is 4.79 Å². The molecule has 0 radical (unpaired) electrons. The Morgan fingerprint density at radius 1 is 1.18 bits per heavy atom. The third-order valence-electron chi connectivity index (χ3n) is 4.37. The van der Waals surface area contributed by atoms with Crippen molar-refractivity contribution in [3.63, 3.8) is 0 Å². The van der Waals surface area contributed by atoms with E-state index in [2.05, 4.69) is 21.2 Å². The van der Waals surface area contributed by atoms with Crippen molar-refractivity contribution in [3.05, 3.63) is 67.4 Å². The van der Waals surface area contributed by atoms with Crippen LogP contribution in [0.4, 0.5) is 5.00 Å². The molecule has 174 valence electrons. The number of ether oxygens (including phenoxy) is 3. The smallest absolute Gasteiger partial charge is 0.348 e. The Bertz CT molecular complexity index is 1200. The second-order valence-corrected chi connectivity index (χ2v) is 8.90. The van der Waals surface area contributed by atoms with Gasteiger partial charge in [0.25, 0.3) is 5.91 Å². The van der Waals surface area contributed by atoms with E-state index in [1.807, 2.05) is 0 Å². The van der Waals surface area contributed by atoms with E-state index in [0.717, 1.165) is 15.8 Å². The van der Waals surface area contributed by atoms with Crippen LogP contribution in [0.15, 0.2) is 39.2 Å². The number of anilines is 1. The fourth-order valence-electron chi connectivity index (χ4n) is 2.82. The van der Waals surface area contributed by atoms with Crippen LogP contribution in [0.1, 0.15) is 48.8 Å². The molecule has 2 aromatic heterocycles. The molecule has 0 saturated heterocycles. The van der Waals surface area contributed by atoms with Crippen molar-refractivity contribution in [1.29, 1.82) is 0 Å². The SMILES string of the molecule is CCOC(=O)c1sc(NC(=O)c2ccc(COc3ccc(Br)cc3Cl)o2)c(C(=O)OC)c1C. The zero-order valence-corrected chi connectivity index (χ0v) is 21.0. The number of carbonyl (C=O) groups excluding carboxylic acids is 3. The molecule has 0 aliphatic rings. The van der Waals surface area contributed by atoms with E-state index in [1.54, 1.807) is 38.1 Å². The summed E-state index contributed by atoms with van der Waals surface area (Å²) in [7, 11) is 1.21. The Labute approximate surface area is 206 Å². The minimum absolute atomic E-state index is 0.00458. The molecule has 8 nitrogen and oxygen atoms in total. The fraction of sp³-hybridized carbons (Fsp3) is 0.227. The highest BCUT2D eigenvalue weighted by atomic mass is 79.9. The van der Waals surface area contributed by atoms with Crippen molar-refractivity contribution in [3.8, 4) is 5.75 Å². The molecule has 11 heteroatoms. The molecule has 1 N–H and O–H groups in total. The van der Waals surface area contributed by atoms with Crippen molar-refractivity contribution in [1.82, 2.24) is 0 Å². The number of thiophene rings is 1. The molecule has 0 unspecified atom stereocenters. The molecule has 0 spiro atoms. The van der Waals surface area contributed by atoms with E-state index >= 15 is 0 Å². The maximum absolute atomic E-state index is 12.7. The summed E-state index contributed by atoms with van der Waals surface area (Å²) in [6, 6.07) is 8.25. The van der Waals surface area contributed by atoms with Gasteiger partial charge in [-0.15, -0.1) is 11.3 Å². The molecular weight excluding hydrogens is 538 g/mol. The first kappa shape index (κ1) is 24.8. The Morgan fingerprint density at radius 3 is 2.61 bits per heavy atom. The number of hydrogen-bond donors (Lipinski definition) is 1. The second kappa shape index (κ2) is 10.9. The summed E-state index contributed by atoms with van der Waals surface area (Å²) in [6.45, 7) is 3.48. The van der Waals surface area contributed by atoms with E-state index in [9.17, 15) is 14.4 Å². The second-order valence-electron chi connectivity index (χ2n) is 6.56. The molecule has 0 aliphatic carbocycles. The van der Waals surface area contributed by atoms with Gasteiger partial charge in [-0.2, -0.15) is 0 Å². The van der Waals surface area contributed by atoms with Crippen molar-refractivity contribution in [2.24, 2.45) is 0 Å². The summed E-state index contributed by atoms with van der Waals surface area (Å²) in [4.78, 5) is 37.4. The maximum Gasteiger partial charge on any atom is 0.348 e. The van der Waals surface area contributed by atoms with Gasteiger partial charge in [0, 0.05) is 4.47 Å². The Hall–Kier alpha value is -2.82. The average molecular weight is 557 g/mol. The lowest BCUT2D eigenvalue weighted by Gasteiger charge is -2.07. The molecular formula is C22H19BrClNO7S. The van der Waals surface area contributed by atoms with Crippen LogP contribution in [0.5, 0.6) is 5.75 Å². The van der Waals surface area contributed by atoms with Crippen LogP contribution in [-0.4, -0.2) is 31.6 Å². The Kier molecular flexibility index (Phi) is 8.17. The topological polar surface area (TPSA) is 104 Å². The van der Waals surface area contributed by atoms with Crippen molar-refractivity contribution in [2.75, 3.05) is 19.0 Å². The van der Waals surface area contributed by atoms with Gasteiger partial charge in [-0.25, -0.2) is 9.59 Å². The molecule has 1 amide bonds. The molecule has 0 fully saturated rings. The van der Waals surface area contributed by atoms with Crippen LogP contribution < -0.4 is 10.1 Å². The Balaban J connectivity index is 1.76. The average Bonchev–Trinajstić information content (AvgIpc) is 3.37. The molecule has 0 atom stereocenters. The van der Waals surface area contributed by atoms with Gasteiger partial charge in [0.05, 0.1) is 24.3 Å². The fourth-order valence-corrected chi connectivity index (χ4v) is 4.64. The highest BCUT2D eigenvalue weighted by Crippen LogP contribution is 2.35. The van der Waals surface area contributed by atoms with E-state index in [4.69, 9.17) is 30.2 Å². The molecule has 0 aliphatic heterocycles. The third-order valence-corrected chi connectivity index (χ3v) is 6.35. The van der Waals surface area contributed by atoms with Gasteiger partial charge in [-0.05, 0) is 49.7 Å². The molecule has 0 saturated carbocycles. The largest absolute Gasteiger partial charge is 0.484 e. The minimum Gasteiger partial charge on any atom is -0.484 e. The first-order chi connectivity index (χ1) is 15.7. The van der Waals surface area contributed by atoms with Crippen molar-refractivity contribution in [2.45, 2.75) is 20.5 Å². The van der Waals surface area contributed by atoms with Crippen LogP contribution in [-0.2, 0) is 16.1 Å². The number of rotatable bonds is 8. The molecule has 3 aromatic rings. The minimum atomic E-state index is -0.686. The highest BCUT2D eigenvalue weighted by Gasteiger charge is 2.27. The number of benzene rings is 1. The molecule has 3 rings (SSSR count). The van der Waals surface area contributed by atoms with Gasteiger partial charge < -0.3 is 23.9 Å². The highest BCUT2D eigenvalue weighted by molar-refractivity contribution is 9.10. The van der Waals surface area contributed by atoms with E-state index < -0.39 is 17.8 Å². The van der Waals surface area contributed by atoms with Crippen LogP contribution >= 0.6 is 38.9 Å². The number of methoxy groups -OCH3 is 1. The first-order valence-corrected chi connectivity index (χ1v) is 11.6. The molecule has 1 aromatic carbocycles. The molecule has 33 heavy (non-hydrogen) atoms. The van der Waals surface area contributed by atoms with Gasteiger partial charge in [0.2, 0.25) is 0 Å². The number of nitrogens with one attached hydrogen (secondary N) is 1. The summed E-state index contributed by atoms with van der Waals surface area (Å²) in [6.07, 6.45) is 0. The Morgan fingerprint density at radius 2 is 1.94 bits per heavy atom. The number of halogens is 2. The van der Waals surface area contributed by atoms with Crippen LogP contribution in [0, 0.1) is 6.92 Å². The lowest BCUT2D eigenvalue weighted by Crippen LogP contribution is -2.13. The summed E-state index contributed by atoms with van der Waals surface area (Å²) in [5.41, 5.74) is 0.444. The lowest BCUT2D eigenvalue weighted by atomic mass is 10.1. The van der Waals surface area contributed by atoms with Crippen molar-refractivity contribution < 1.29 is 33.0 Å². The monoisotopic (exact) mass is 555 g/mol. The van der Waals surface area contributed by atoms with E-state index in [-0.39, 0.29) is 34.4 Å². The number of furan rings is 1. The van der Waals surface area contributed by atoms with E-state index in [0.29, 0.717) is 22.1 Å². The van der Waals surface area contributed by atoms with Crippen molar-refractivity contribution >= 4 is 61.7 Å². The van der Waals surface area contributed by atoms with Crippen LogP contribution in [0.25, 0.3) is 0 Å². The quantitative estimate of drug-likeness (QED) is 0.347. The molecule has 0 bridgehead atoms. The zero-order valence-electron chi connectivity index (χ0n) is 17.8. The summed E-state index contributed by atoms with van der Waals surface area (Å²) >= 11 is 10.4. The summed E-state index contributed by atoms with van der Waals surface area (Å²) in [5.74, 6) is -1.03. The summed E-state index contributed by atoms with van der Waals surface area (Å²) in [5, 5.41) is 3.19. The number of carbonyl (C=O) groups is 3. The lowest BCUT2D eigenvalue weighted by molar-refractivity contribution is 0.0531. The van der Waals surface area contributed by atoms with Crippen LogP contribution in [0.2, 0.25) is 5.02 Å². The third kappa shape index (κ3) is 5.76. The zero-order chi connectivity index (χ0) is 24.1. The van der Waals surface area contributed by atoms with Gasteiger partial charge in [0.15, 0.2) is 5.76 Å². The van der Waals surface area contributed by atoms with Crippen LogP contribution in [0.3, 0.4) is 0 Å².